The van der Waals surface area contributed by atoms with Gasteiger partial charge in [0.2, 0.25) is 0 Å². The first-order valence-corrected chi connectivity index (χ1v) is 3.25. The summed E-state index contributed by atoms with van der Waals surface area (Å²) in [6.45, 7) is 6.54. The molecule has 0 amide bonds. The summed E-state index contributed by atoms with van der Waals surface area (Å²) in [5, 5.41) is 8.99. The standard InChI is InChI=1S/C6H3BrN2O/c1-8-6-5(10)2-4(7)3-9-6/h2-3,10H. The first-order chi connectivity index (χ1) is 4.74. The molecule has 0 atom stereocenters. The van der Waals surface area contributed by atoms with E-state index in [4.69, 9.17) is 11.7 Å². The van der Waals surface area contributed by atoms with Gasteiger partial charge in [-0.1, -0.05) is 6.57 Å². The van der Waals surface area contributed by atoms with Crippen molar-refractivity contribution in [2.75, 3.05) is 0 Å². The van der Waals surface area contributed by atoms with Crippen LogP contribution in [-0.2, 0) is 0 Å². The van der Waals surface area contributed by atoms with Gasteiger partial charge in [-0.3, -0.25) is 0 Å². The predicted molar refractivity (Wildman–Crippen MR) is 39.9 cm³/mol. The van der Waals surface area contributed by atoms with Crippen LogP contribution in [0.25, 0.3) is 4.85 Å². The second-order valence-corrected chi connectivity index (χ2v) is 2.52. The van der Waals surface area contributed by atoms with Crippen molar-refractivity contribution < 1.29 is 5.11 Å². The number of nitrogens with zero attached hydrogens (tertiary/aromatic N) is 2. The minimum atomic E-state index is -0.0932. The molecule has 1 aromatic heterocycles. The lowest BCUT2D eigenvalue weighted by Crippen LogP contribution is -1.72. The van der Waals surface area contributed by atoms with Crippen LogP contribution < -0.4 is 0 Å². The van der Waals surface area contributed by atoms with Crippen molar-refractivity contribution in [1.82, 2.24) is 4.98 Å². The Balaban J connectivity index is 3.23. The molecule has 0 aliphatic heterocycles. The molecule has 0 radical (unpaired) electrons. The van der Waals surface area contributed by atoms with Crippen molar-refractivity contribution in [2.45, 2.75) is 0 Å². The van der Waals surface area contributed by atoms with E-state index in [1.165, 1.54) is 12.3 Å². The Hall–Kier alpha value is -1.08. The van der Waals surface area contributed by atoms with Crippen LogP contribution in [0.5, 0.6) is 5.75 Å². The maximum Gasteiger partial charge on any atom is 0.311 e. The second kappa shape index (κ2) is 2.67. The quantitative estimate of drug-likeness (QED) is 0.649. The van der Waals surface area contributed by atoms with Crippen molar-refractivity contribution in [1.29, 1.82) is 0 Å². The Bertz CT molecular complexity index is 292. The predicted octanol–water partition coefficient (Wildman–Crippen LogP) is 2.10. The molecular weight excluding hydrogens is 196 g/mol. The molecule has 0 saturated carbocycles. The monoisotopic (exact) mass is 198 g/mol. The smallest absolute Gasteiger partial charge is 0.311 e. The molecule has 3 nitrogen and oxygen atoms in total. The van der Waals surface area contributed by atoms with E-state index in [1.807, 2.05) is 0 Å². The largest absolute Gasteiger partial charge is 0.517 e. The van der Waals surface area contributed by atoms with Gasteiger partial charge in [0, 0.05) is 0 Å². The molecule has 0 unspecified atom stereocenters. The number of rotatable bonds is 0. The van der Waals surface area contributed by atoms with Gasteiger partial charge < -0.3 is 9.95 Å². The van der Waals surface area contributed by atoms with Crippen molar-refractivity contribution >= 4 is 21.7 Å². The molecule has 50 valence electrons. The zero-order valence-corrected chi connectivity index (χ0v) is 6.46. The molecule has 0 aromatic carbocycles. The van der Waals surface area contributed by atoms with E-state index < -0.39 is 0 Å². The van der Waals surface area contributed by atoms with Gasteiger partial charge in [0.15, 0.2) is 0 Å². The molecule has 0 aliphatic carbocycles. The number of hydrogen-bond acceptors (Lipinski definition) is 2. The third-order valence-corrected chi connectivity index (χ3v) is 1.35. The molecule has 4 heteroatoms. The summed E-state index contributed by atoms with van der Waals surface area (Å²) in [6.07, 6.45) is 1.47. The number of pyridine rings is 1. The lowest BCUT2D eigenvalue weighted by molar-refractivity contribution is 0.476. The van der Waals surface area contributed by atoms with Gasteiger partial charge in [-0.05, 0) is 22.0 Å². The highest BCUT2D eigenvalue weighted by Gasteiger charge is 2.01. The van der Waals surface area contributed by atoms with E-state index in [1.54, 1.807) is 0 Å². The summed E-state index contributed by atoms with van der Waals surface area (Å²) in [5.41, 5.74) is 0. The van der Waals surface area contributed by atoms with E-state index in [0.717, 1.165) is 0 Å². The topological polar surface area (TPSA) is 37.5 Å². The lowest BCUT2D eigenvalue weighted by atomic mass is 10.4. The fourth-order valence-electron chi connectivity index (χ4n) is 0.508. The summed E-state index contributed by atoms with van der Waals surface area (Å²) in [4.78, 5) is 6.62. The molecular formula is C6H3BrN2O. The van der Waals surface area contributed by atoms with Crippen molar-refractivity contribution in [3.63, 3.8) is 0 Å². The second-order valence-electron chi connectivity index (χ2n) is 1.61. The van der Waals surface area contributed by atoms with Crippen LogP contribution in [-0.4, -0.2) is 10.1 Å². The van der Waals surface area contributed by atoms with Crippen LogP contribution in [0.4, 0.5) is 5.82 Å². The first kappa shape index (κ1) is 7.03. The van der Waals surface area contributed by atoms with E-state index in [0.29, 0.717) is 4.47 Å². The van der Waals surface area contributed by atoms with E-state index in [2.05, 4.69) is 25.8 Å². The third kappa shape index (κ3) is 1.25. The van der Waals surface area contributed by atoms with Gasteiger partial charge in [-0.25, -0.2) is 0 Å². The fourth-order valence-corrected chi connectivity index (χ4v) is 0.827. The average molecular weight is 199 g/mol. The number of halogens is 1. The highest BCUT2D eigenvalue weighted by molar-refractivity contribution is 9.10. The van der Waals surface area contributed by atoms with Crippen molar-refractivity contribution in [2.24, 2.45) is 0 Å². The van der Waals surface area contributed by atoms with Gasteiger partial charge in [0.05, 0.1) is 4.47 Å². The molecule has 0 aliphatic rings. The molecule has 0 spiro atoms. The molecule has 0 fully saturated rings. The summed E-state index contributed by atoms with van der Waals surface area (Å²) in [7, 11) is 0. The first-order valence-electron chi connectivity index (χ1n) is 2.46. The van der Waals surface area contributed by atoms with E-state index in [9.17, 15) is 0 Å². The Morgan fingerprint density at radius 2 is 2.40 bits per heavy atom. The van der Waals surface area contributed by atoms with Crippen LogP contribution in [0, 0.1) is 6.57 Å². The molecule has 1 N–H and O–H groups in total. The van der Waals surface area contributed by atoms with E-state index in [-0.39, 0.29) is 11.6 Å². The summed E-state index contributed by atoms with van der Waals surface area (Å²) in [6, 6.07) is 1.43. The van der Waals surface area contributed by atoms with Crippen molar-refractivity contribution in [3.8, 4) is 5.75 Å². The summed E-state index contributed by atoms with van der Waals surface area (Å²) < 4.78 is 0.664. The number of aromatic nitrogens is 1. The molecule has 1 heterocycles. The normalized spacial score (nSPS) is 8.80. The maximum absolute atomic E-state index is 8.99. The molecule has 0 bridgehead atoms. The molecule has 1 aromatic rings. The Labute approximate surface area is 66.3 Å². The SMILES string of the molecule is [C-]#[N+]c1ncc(Br)cc1O. The maximum atomic E-state index is 8.99. The zero-order valence-electron chi connectivity index (χ0n) is 4.87. The van der Waals surface area contributed by atoms with Gasteiger partial charge >= 0.3 is 5.82 Å². The van der Waals surface area contributed by atoms with Gasteiger partial charge in [-0.15, -0.1) is 4.98 Å². The Morgan fingerprint density at radius 3 is 2.90 bits per heavy atom. The fraction of sp³-hybridized carbons (Fsp3) is 0. The van der Waals surface area contributed by atoms with Crippen LogP contribution in [0.1, 0.15) is 0 Å². The highest BCUT2D eigenvalue weighted by atomic mass is 79.9. The Kier molecular flexibility index (Phi) is 1.88. The zero-order chi connectivity index (χ0) is 7.56. The minimum absolute atomic E-state index is 0.0307. The summed E-state index contributed by atoms with van der Waals surface area (Å²) in [5.74, 6) is -0.0624. The molecule has 1 rings (SSSR count). The van der Waals surface area contributed by atoms with Crippen LogP contribution >= 0.6 is 15.9 Å². The highest BCUT2D eigenvalue weighted by Crippen LogP contribution is 2.25. The Morgan fingerprint density at radius 1 is 1.70 bits per heavy atom. The lowest BCUT2D eigenvalue weighted by Gasteiger charge is -1.92. The van der Waals surface area contributed by atoms with Crippen LogP contribution in [0.3, 0.4) is 0 Å². The van der Waals surface area contributed by atoms with Crippen LogP contribution in [0.15, 0.2) is 16.7 Å². The molecule has 10 heavy (non-hydrogen) atoms. The van der Waals surface area contributed by atoms with E-state index >= 15 is 0 Å². The van der Waals surface area contributed by atoms with Gasteiger partial charge in [0.1, 0.15) is 11.9 Å². The minimum Gasteiger partial charge on any atom is -0.517 e. The van der Waals surface area contributed by atoms with Gasteiger partial charge in [0.25, 0.3) is 0 Å². The number of aromatic hydroxyl groups is 1. The summed E-state index contributed by atoms with van der Waals surface area (Å²) >= 11 is 3.10. The molecule has 0 saturated heterocycles. The van der Waals surface area contributed by atoms with Gasteiger partial charge in [-0.2, -0.15) is 0 Å². The van der Waals surface area contributed by atoms with Crippen LogP contribution in [0.2, 0.25) is 0 Å². The van der Waals surface area contributed by atoms with Crippen molar-refractivity contribution in [3.05, 3.63) is 28.2 Å². The third-order valence-electron chi connectivity index (χ3n) is 0.920. The number of hydrogen-bond donors (Lipinski definition) is 1. The average Bonchev–Trinajstić information content (AvgIpc) is 1.88.